The molecule has 2 rings (SSSR count). The monoisotopic (exact) mass is 398 g/mol. The Morgan fingerprint density at radius 2 is 0.862 bits per heavy atom. The number of hydrogen-bond donors (Lipinski definition) is 0. The fraction of sp³-hybridized carbons (Fsp3) is 0.538. The van der Waals surface area contributed by atoms with Crippen molar-refractivity contribution in [1.29, 1.82) is 0 Å². The zero-order chi connectivity index (χ0) is 21.3. The summed E-state index contributed by atoms with van der Waals surface area (Å²) in [4.78, 5) is 0. The number of benzene rings is 2. The average Bonchev–Trinajstić information content (AvgIpc) is 2.70. The van der Waals surface area contributed by atoms with Crippen LogP contribution in [-0.2, 0) is 39.9 Å². The van der Waals surface area contributed by atoms with E-state index in [4.69, 9.17) is 14.2 Å². The van der Waals surface area contributed by atoms with Crippen LogP contribution in [0, 0.1) is 0 Å². The number of ether oxygens (including phenoxy) is 3. The molecule has 0 aromatic heterocycles. The normalized spacial score (nSPS) is 12.3. The highest BCUT2D eigenvalue weighted by Gasteiger charge is 2.17. The summed E-state index contributed by atoms with van der Waals surface area (Å²) in [6, 6.07) is 17.6. The molecule has 0 unspecified atom stereocenters. The van der Waals surface area contributed by atoms with Crippen molar-refractivity contribution in [2.75, 3.05) is 27.4 Å². The van der Waals surface area contributed by atoms with Crippen molar-refractivity contribution < 1.29 is 14.2 Å². The molecule has 2 aromatic rings. The summed E-state index contributed by atoms with van der Waals surface area (Å²) in [5.74, 6) is 0. The van der Waals surface area contributed by atoms with E-state index < -0.39 is 0 Å². The Labute approximate surface area is 177 Å². The first-order valence-electron chi connectivity index (χ1n) is 10.6. The lowest BCUT2D eigenvalue weighted by atomic mass is 9.97. The predicted molar refractivity (Wildman–Crippen MR) is 121 cm³/mol. The van der Waals surface area contributed by atoms with Crippen LogP contribution in [-0.4, -0.2) is 38.6 Å². The highest BCUT2D eigenvalue weighted by molar-refractivity contribution is 5.25. The van der Waals surface area contributed by atoms with Crippen LogP contribution in [0.5, 0.6) is 0 Å². The van der Waals surface area contributed by atoms with Crippen LogP contribution in [0.1, 0.15) is 49.9 Å². The highest BCUT2D eigenvalue weighted by Crippen LogP contribution is 2.18. The van der Waals surface area contributed by atoms with Crippen molar-refractivity contribution in [2.45, 2.75) is 64.6 Å². The molecule has 0 radical (unpaired) electrons. The molecule has 0 atom stereocenters. The van der Waals surface area contributed by atoms with Gasteiger partial charge in [0.2, 0.25) is 0 Å². The molecule has 29 heavy (non-hydrogen) atoms. The van der Waals surface area contributed by atoms with Crippen LogP contribution >= 0.6 is 0 Å². The minimum atomic E-state index is -0.122. The van der Waals surface area contributed by atoms with E-state index >= 15 is 0 Å². The van der Waals surface area contributed by atoms with Crippen molar-refractivity contribution in [2.24, 2.45) is 0 Å². The van der Waals surface area contributed by atoms with Gasteiger partial charge in [-0.3, -0.25) is 0 Å². The Kier molecular flexibility index (Phi) is 8.88. The van der Waals surface area contributed by atoms with Crippen molar-refractivity contribution in [3.8, 4) is 0 Å². The van der Waals surface area contributed by atoms with Crippen LogP contribution in [0.4, 0.5) is 0 Å². The molecule has 0 aliphatic heterocycles. The van der Waals surface area contributed by atoms with E-state index in [0.717, 1.165) is 38.9 Å². The zero-order valence-corrected chi connectivity index (χ0v) is 19.1. The lowest BCUT2D eigenvalue weighted by Crippen LogP contribution is -2.25. The first-order chi connectivity index (χ1) is 13.7. The van der Waals surface area contributed by atoms with Gasteiger partial charge in [-0.25, -0.2) is 0 Å². The van der Waals surface area contributed by atoms with Gasteiger partial charge in [-0.2, -0.15) is 0 Å². The van der Waals surface area contributed by atoms with Gasteiger partial charge in [-0.05, 0) is 62.8 Å². The molecule has 160 valence electrons. The largest absolute Gasteiger partial charge is 0.381 e. The summed E-state index contributed by atoms with van der Waals surface area (Å²) in [5, 5.41) is 0. The Morgan fingerprint density at radius 3 is 1.17 bits per heavy atom. The summed E-state index contributed by atoms with van der Waals surface area (Å²) in [6.45, 7) is 9.96. The quantitative estimate of drug-likeness (QED) is 0.447. The third-order valence-electron chi connectivity index (χ3n) is 5.48. The molecule has 3 nitrogen and oxygen atoms in total. The van der Waals surface area contributed by atoms with E-state index in [1.165, 1.54) is 22.3 Å². The molecule has 3 heteroatoms. The molecule has 0 aliphatic rings. The van der Waals surface area contributed by atoms with E-state index in [9.17, 15) is 0 Å². The van der Waals surface area contributed by atoms with Crippen molar-refractivity contribution in [3.63, 3.8) is 0 Å². The van der Waals surface area contributed by atoms with E-state index in [1.54, 1.807) is 14.2 Å². The molecule has 0 saturated heterocycles. The summed E-state index contributed by atoms with van der Waals surface area (Å²) in [7, 11) is 3.53. The van der Waals surface area contributed by atoms with Gasteiger partial charge in [0.25, 0.3) is 0 Å². The van der Waals surface area contributed by atoms with Crippen LogP contribution in [0.15, 0.2) is 48.5 Å². The molecule has 0 saturated carbocycles. The molecular formula is C26H38O3. The summed E-state index contributed by atoms with van der Waals surface area (Å²) in [5.41, 5.74) is 4.99. The van der Waals surface area contributed by atoms with Gasteiger partial charge in [0, 0.05) is 27.1 Å². The average molecular weight is 399 g/mol. The van der Waals surface area contributed by atoms with Gasteiger partial charge in [-0.1, -0.05) is 48.5 Å². The molecule has 0 heterocycles. The zero-order valence-electron chi connectivity index (χ0n) is 19.1. The van der Waals surface area contributed by atoms with Crippen molar-refractivity contribution in [1.82, 2.24) is 0 Å². The maximum Gasteiger partial charge on any atom is 0.0662 e. The van der Waals surface area contributed by atoms with Crippen LogP contribution < -0.4 is 0 Å². The number of rotatable bonds is 12. The fourth-order valence-corrected chi connectivity index (χ4v) is 3.26. The summed E-state index contributed by atoms with van der Waals surface area (Å²) >= 11 is 0. The highest BCUT2D eigenvalue weighted by atomic mass is 16.5. The molecule has 0 fully saturated rings. The van der Waals surface area contributed by atoms with E-state index in [0.29, 0.717) is 0 Å². The molecule has 0 bridgehead atoms. The second kappa shape index (κ2) is 10.9. The predicted octanol–water partition coefficient (Wildman–Crippen LogP) is 5.42. The minimum absolute atomic E-state index is 0.122. The lowest BCUT2D eigenvalue weighted by Gasteiger charge is -2.22. The Balaban J connectivity index is 1.68. The molecule has 0 aliphatic carbocycles. The standard InChI is InChI=1S/C26H38O3/c1-25(2,27-5)19-23-11-7-21(8-12-23)15-17-29-18-16-22-9-13-24(14-10-22)20-26(3,4)28-6/h7-14H,15-20H2,1-6H3. The lowest BCUT2D eigenvalue weighted by molar-refractivity contribution is 0.0229. The second-order valence-corrected chi connectivity index (χ2v) is 9.03. The van der Waals surface area contributed by atoms with Gasteiger partial charge in [0.05, 0.1) is 24.4 Å². The SMILES string of the molecule is COC(C)(C)Cc1ccc(CCOCCc2ccc(CC(C)(C)OC)cc2)cc1. The maximum absolute atomic E-state index is 5.86. The first-order valence-corrected chi connectivity index (χ1v) is 10.6. The third-order valence-corrected chi connectivity index (χ3v) is 5.48. The Bertz CT molecular complexity index is 651. The van der Waals surface area contributed by atoms with Gasteiger partial charge < -0.3 is 14.2 Å². The molecule has 2 aromatic carbocycles. The maximum atomic E-state index is 5.86. The fourth-order valence-electron chi connectivity index (χ4n) is 3.26. The van der Waals surface area contributed by atoms with E-state index in [2.05, 4.69) is 76.2 Å². The number of hydrogen-bond acceptors (Lipinski definition) is 3. The summed E-state index contributed by atoms with van der Waals surface area (Å²) in [6.07, 6.45) is 3.72. The second-order valence-electron chi connectivity index (χ2n) is 9.03. The van der Waals surface area contributed by atoms with Crippen molar-refractivity contribution in [3.05, 3.63) is 70.8 Å². The smallest absolute Gasteiger partial charge is 0.0662 e. The minimum Gasteiger partial charge on any atom is -0.381 e. The molecule has 0 amide bonds. The van der Waals surface area contributed by atoms with E-state index in [1.807, 2.05) is 0 Å². The topological polar surface area (TPSA) is 27.7 Å². The van der Waals surface area contributed by atoms with Gasteiger partial charge in [-0.15, -0.1) is 0 Å². The summed E-state index contributed by atoms with van der Waals surface area (Å²) < 4.78 is 16.9. The third kappa shape index (κ3) is 8.69. The molecule has 0 spiro atoms. The van der Waals surface area contributed by atoms with Crippen LogP contribution in [0.2, 0.25) is 0 Å². The number of methoxy groups -OCH3 is 2. The molecular weight excluding hydrogens is 360 g/mol. The van der Waals surface area contributed by atoms with Gasteiger partial charge >= 0.3 is 0 Å². The Hall–Kier alpha value is -1.68. The Morgan fingerprint density at radius 1 is 0.552 bits per heavy atom. The van der Waals surface area contributed by atoms with Gasteiger partial charge in [0.1, 0.15) is 0 Å². The van der Waals surface area contributed by atoms with Crippen molar-refractivity contribution >= 4 is 0 Å². The first kappa shape index (κ1) is 23.6. The van der Waals surface area contributed by atoms with Gasteiger partial charge in [0.15, 0.2) is 0 Å². The molecule has 0 N–H and O–H groups in total. The van der Waals surface area contributed by atoms with Crippen LogP contribution in [0.3, 0.4) is 0 Å². The van der Waals surface area contributed by atoms with E-state index in [-0.39, 0.29) is 11.2 Å². The van der Waals surface area contributed by atoms with Crippen LogP contribution in [0.25, 0.3) is 0 Å².